The van der Waals surface area contributed by atoms with Gasteiger partial charge in [-0.25, -0.2) is 4.79 Å². The highest BCUT2D eigenvalue weighted by molar-refractivity contribution is 7.80. The number of thiol groups is 1. The van der Waals surface area contributed by atoms with Crippen molar-refractivity contribution in [3.8, 4) is 0 Å². The molecule has 0 bridgehead atoms. The van der Waals surface area contributed by atoms with Gasteiger partial charge in [-0.1, -0.05) is 0 Å². The zero-order valence-electron chi connectivity index (χ0n) is 3.90. The van der Waals surface area contributed by atoms with Gasteiger partial charge < -0.3 is 15.3 Å². The van der Waals surface area contributed by atoms with Gasteiger partial charge in [-0.2, -0.15) is 12.6 Å². The maximum absolute atomic E-state index is 9.70. The Kier molecular flexibility index (Phi) is 2.26. The lowest BCUT2D eigenvalue weighted by atomic mass is 10.3. The van der Waals surface area contributed by atoms with E-state index in [0.717, 1.165) is 0 Å². The second-order valence-electron chi connectivity index (χ2n) is 1.28. The Labute approximate surface area is 51.2 Å². The first-order valence-corrected chi connectivity index (χ1v) is 2.43. The van der Waals surface area contributed by atoms with Gasteiger partial charge in [0.05, 0.1) is 5.75 Å². The third kappa shape index (κ3) is 1.69. The molecule has 0 aliphatic carbocycles. The molecule has 0 unspecified atom stereocenters. The molecular formula is C3H6O4S. The Bertz CT molecular complexity index is 99.5. The molecule has 0 aromatic carbocycles. The van der Waals surface area contributed by atoms with E-state index in [1.54, 1.807) is 0 Å². The Morgan fingerprint density at radius 2 is 2.00 bits per heavy atom. The summed E-state index contributed by atoms with van der Waals surface area (Å²) in [6.07, 6.45) is 0. The van der Waals surface area contributed by atoms with Crippen molar-refractivity contribution < 1.29 is 20.1 Å². The minimum absolute atomic E-state index is 0.512. The van der Waals surface area contributed by atoms with Crippen LogP contribution < -0.4 is 0 Å². The molecule has 0 spiro atoms. The summed E-state index contributed by atoms with van der Waals surface area (Å²) in [6, 6.07) is 0. The highest BCUT2D eigenvalue weighted by Crippen LogP contribution is 1.99. The van der Waals surface area contributed by atoms with Crippen LogP contribution in [-0.2, 0) is 4.79 Å². The SMILES string of the molecule is O=C(O)C(O)(O)CS. The first-order chi connectivity index (χ1) is 3.50. The van der Waals surface area contributed by atoms with Crippen LogP contribution in [0.3, 0.4) is 0 Å². The molecule has 8 heavy (non-hydrogen) atoms. The topological polar surface area (TPSA) is 77.8 Å². The molecule has 0 atom stereocenters. The zero-order valence-corrected chi connectivity index (χ0v) is 4.80. The van der Waals surface area contributed by atoms with Crippen LogP contribution >= 0.6 is 12.6 Å². The predicted molar refractivity (Wildman–Crippen MR) is 28.7 cm³/mol. The van der Waals surface area contributed by atoms with Crippen molar-refractivity contribution in [2.24, 2.45) is 0 Å². The van der Waals surface area contributed by atoms with E-state index in [0.29, 0.717) is 0 Å². The van der Waals surface area contributed by atoms with E-state index in [1.165, 1.54) is 0 Å². The predicted octanol–water partition coefficient (Wildman–Crippen LogP) is -1.32. The monoisotopic (exact) mass is 138 g/mol. The smallest absolute Gasteiger partial charge is 0.364 e. The number of hydrogen-bond acceptors (Lipinski definition) is 4. The fourth-order valence-corrected chi connectivity index (χ4v) is 0.203. The molecule has 4 nitrogen and oxygen atoms in total. The number of hydrogen-bond donors (Lipinski definition) is 4. The van der Waals surface area contributed by atoms with Crippen LogP contribution in [-0.4, -0.2) is 32.8 Å². The van der Waals surface area contributed by atoms with E-state index in [9.17, 15) is 4.79 Å². The van der Waals surface area contributed by atoms with Crippen LogP contribution in [0.4, 0.5) is 0 Å². The van der Waals surface area contributed by atoms with Gasteiger partial charge in [0, 0.05) is 0 Å². The molecule has 0 saturated heterocycles. The average molecular weight is 138 g/mol. The van der Waals surface area contributed by atoms with Gasteiger partial charge in [0.1, 0.15) is 0 Å². The lowest BCUT2D eigenvalue weighted by molar-refractivity contribution is -0.194. The summed E-state index contributed by atoms with van der Waals surface area (Å²) >= 11 is 3.36. The number of aliphatic carboxylic acids is 1. The van der Waals surface area contributed by atoms with Crippen LogP contribution in [0, 0.1) is 0 Å². The molecule has 0 aromatic rings. The summed E-state index contributed by atoms with van der Waals surface area (Å²) < 4.78 is 0. The third-order valence-corrected chi connectivity index (χ3v) is 1.00. The first kappa shape index (κ1) is 7.74. The Morgan fingerprint density at radius 1 is 1.62 bits per heavy atom. The maximum atomic E-state index is 9.70. The van der Waals surface area contributed by atoms with Crippen LogP contribution in [0.2, 0.25) is 0 Å². The third-order valence-electron chi connectivity index (χ3n) is 0.563. The number of carbonyl (C=O) groups is 1. The van der Waals surface area contributed by atoms with E-state index >= 15 is 0 Å². The van der Waals surface area contributed by atoms with E-state index in [1.807, 2.05) is 0 Å². The van der Waals surface area contributed by atoms with Crippen molar-refractivity contribution in [2.45, 2.75) is 5.79 Å². The van der Waals surface area contributed by atoms with Gasteiger partial charge in [0.25, 0.3) is 5.79 Å². The van der Waals surface area contributed by atoms with Crippen molar-refractivity contribution in [3.05, 3.63) is 0 Å². The lowest BCUT2D eigenvalue weighted by Crippen LogP contribution is -2.39. The number of carboxylic acids is 1. The summed E-state index contributed by atoms with van der Waals surface area (Å²) in [5.41, 5.74) is 0. The van der Waals surface area contributed by atoms with Crippen LogP contribution in [0.25, 0.3) is 0 Å². The van der Waals surface area contributed by atoms with Crippen molar-refractivity contribution in [3.63, 3.8) is 0 Å². The maximum Gasteiger partial charge on any atom is 0.364 e. The molecule has 0 aromatic heterocycles. The van der Waals surface area contributed by atoms with Crippen molar-refractivity contribution in [1.82, 2.24) is 0 Å². The molecule has 0 heterocycles. The van der Waals surface area contributed by atoms with Gasteiger partial charge in [0.15, 0.2) is 0 Å². The summed E-state index contributed by atoms with van der Waals surface area (Å²) in [6.45, 7) is 0. The minimum Gasteiger partial charge on any atom is -0.477 e. The van der Waals surface area contributed by atoms with E-state index < -0.39 is 17.5 Å². The Morgan fingerprint density at radius 3 is 2.00 bits per heavy atom. The van der Waals surface area contributed by atoms with Gasteiger partial charge in [-0.3, -0.25) is 0 Å². The average Bonchev–Trinajstić information content (AvgIpc) is 1.67. The second kappa shape index (κ2) is 2.34. The van der Waals surface area contributed by atoms with E-state index in [2.05, 4.69) is 12.6 Å². The largest absolute Gasteiger partial charge is 0.477 e. The highest BCUT2D eigenvalue weighted by atomic mass is 32.1. The molecule has 0 saturated carbocycles. The molecule has 5 heteroatoms. The zero-order chi connectivity index (χ0) is 6.78. The summed E-state index contributed by atoms with van der Waals surface area (Å²) in [7, 11) is 0. The molecule has 0 aliphatic heterocycles. The van der Waals surface area contributed by atoms with Crippen LogP contribution in [0.1, 0.15) is 0 Å². The molecule has 0 rings (SSSR count). The van der Waals surface area contributed by atoms with Gasteiger partial charge in [-0.05, 0) is 0 Å². The first-order valence-electron chi connectivity index (χ1n) is 1.79. The van der Waals surface area contributed by atoms with Gasteiger partial charge >= 0.3 is 5.97 Å². The van der Waals surface area contributed by atoms with Crippen molar-refractivity contribution in [1.29, 1.82) is 0 Å². The quantitative estimate of drug-likeness (QED) is 0.282. The fourth-order valence-electron chi connectivity index (χ4n) is 0.0676. The number of carboxylic acid groups (broad SMARTS) is 1. The van der Waals surface area contributed by atoms with E-state index in [4.69, 9.17) is 15.3 Å². The van der Waals surface area contributed by atoms with Crippen LogP contribution in [0.5, 0.6) is 0 Å². The van der Waals surface area contributed by atoms with Crippen LogP contribution in [0.15, 0.2) is 0 Å². The van der Waals surface area contributed by atoms with Gasteiger partial charge in [0.2, 0.25) is 0 Å². The van der Waals surface area contributed by atoms with Crippen molar-refractivity contribution in [2.75, 3.05) is 5.75 Å². The summed E-state index contributed by atoms with van der Waals surface area (Å²) in [4.78, 5) is 9.70. The second-order valence-corrected chi connectivity index (χ2v) is 1.60. The number of rotatable bonds is 2. The summed E-state index contributed by atoms with van der Waals surface area (Å²) in [5, 5.41) is 24.5. The fraction of sp³-hybridized carbons (Fsp3) is 0.667. The standard InChI is InChI=1S/C3H6O4S/c4-2(5)3(6,7)1-8/h6-8H,1H2,(H,4,5). The van der Waals surface area contributed by atoms with Gasteiger partial charge in [-0.15, -0.1) is 0 Å². The molecule has 0 aliphatic rings. The Hall–Kier alpha value is -0.260. The molecule has 0 fully saturated rings. The molecule has 48 valence electrons. The van der Waals surface area contributed by atoms with Crippen molar-refractivity contribution >= 4 is 18.6 Å². The lowest BCUT2D eigenvalue weighted by Gasteiger charge is -2.11. The molecular weight excluding hydrogens is 132 g/mol. The Balaban J connectivity index is 3.91. The molecule has 0 radical (unpaired) electrons. The summed E-state index contributed by atoms with van der Waals surface area (Å²) in [5.74, 6) is -4.88. The van der Waals surface area contributed by atoms with E-state index in [-0.39, 0.29) is 0 Å². The number of aliphatic hydroxyl groups is 2. The normalized spacial score (nSPS) is 11.4. The minimum atomic E-state index is -2.68. The molecule has 3 N–H and O–H groups in total. The highest BCUT2D eigenvalue weighted by Gasteiger charge is 2.30. The molecule has 0 amide bonds.